The molecule has 1 amide bonds. The lowest BCUT2D eigenvalue weighted by molar-refractivity contribution is 0.103. The number of carbonyl (C=O) groups is 1. The summed E-state index contributed by atoms with van der Waals surface area (Å²) >= 11 is 1.39. The number of anilines is 2. The molecule has 0 radical (unpaired) electrons. The van der Waals surface area contributed by atoms with E-state index in [1.54, 1.807) is 18.2 Å². The normalized spacial score (nSPS) is 11.1. The summed E-state index contributed by atoms with van der Waals surface area (Å²) in [5.74, 6) is 0.959. The van der Waals surface area contributed by atoms with Gasteiger partial charge in [-0.25, -0.2) is 0 Å². The van der Waals surface area contributed by atoms with Crippen molar-refractivity contribution in [2.45, 2.75) is 26.3 Å². The Kier molecular flexibility index (Phi) is 3.80. The van der Waals surface area contributed by atoms with E-state index in [1.165, 1.54) is 11.3 Å². The molecule has 0 aliphatic heterocycles. The molecule has 19 heavy (non-hydrogen) atoms. The summed E-state index contributed by atoms with van der Waals surface area (Å²) in [6, 6.07) is 7.12. The summed E-state index contributed by atoms with van der Waals surface area (Å²) in [7, 11) is 0. The van der Waals surface area contributed by atoms with Gasteiger partial charge < -0.3 is 10.6 Å². The molecule has 0 aliphatic carbocycles. The zero-order valence-electron chi connectivity index (χ0n) is 11.1. The number of rotatable bonds is 3. The summed E-state index contributed by atoms with van der Waals surface area (Å²) in [5.41, 5.74) is -0.0730. The van der Waals surface area contributed by atoms with E-state index in [4.69, 9.17) is 0 Å². The van der Waals surface area contributed by atoms with Crippen LogP contribution in [0.2, 0.25) is 0 Å². The molecule has 0 aromatic carbocycles. The molecule has 0 unspecified atom stereocenters. The van der Waals surface area contributed by atoms with Crippen molar-refractivity contribution in [2.75, 3.05) is 10.6 Å². The van der Waals surface area contributed by atoms with Gasteiger partial charge in [0.1, 0.15) is 5.82 Å². The molecule has 0 saturated heterocycles. The van der Waals surface area contributed by atoms with E-state index in [1.807, 2.05) is 32.2 Å². The minimum absolute atomic E-state index is 0.0730. The predicted molar refractivity (Wildman–Crippen MR) is 77.7 cm³/mol. The minimum Gasteiger partial charge on any atom is -0.364 e. The van der Waals surface area contributed by atoms with Crippen molar-refractivity contribution in [3.8, 4) is 0 Å². The fourth-order valence-corrected chi connectivity index (χ4v) is 2.05. The molecule has 2 aromatic heterocycles. The standard InChI is InChI=1S/C13H16N4OS/c1-13(2,3)15-11-7-6-10(16-17-11)14-12(18)9-5-4-8-19-9/h4-8H,1-3H3,(H,15,17)(H,14,16,18). The van der Waals surface area contributed by atoms with E-state index in [0.717, 1.165) is 0 Å². The van der Waals surface area contributed by atoms with Crippen LogP contribution >= 0.6 is 11.3 Å². The zero-order chi connectivity index (χ0) is 13.9. The van der Waals surface area contributed by atoms with Crippen molar-refractivity contribution in [1.29, 1.82) is 0 Å². The SMILES string of the molecule is CC(C)(C)Nc1ccc(NC(=O)c2cccs2)nn1. The monoisotopic (exact) mass is 276 g/mol. The third kappa shape index (κ3) is 4.03. The minimum atomic E-state index is -0.166. The van der Waals surface area contributed by atoms with Gasteiger partial charge in [-0.05, 0) is 44.4 Å². The molecule has 2 N–H and O–H groups in total. The van der Waals surface area contributed by atoms with Crippen molar-refractivity contribution >= 4 is 28.9 Å². The van der Waals surface area contributed by atoms with Gasteiger partial charge in [-0.15, -0.1) is 21.5 Å². The number of nitrogens with one attached hydrogen (secondary N) is 2. The van der Waals surface area contributed by atoms with E-state index < -0.39 is 0 Å². The van der Waals surface area contributed by atoms with E-state index >= 15 is 0 Å². The smallest absolute Gasteiger partial charge is 0.266 e. The van der Waals surface area contributed by atoms with Crippen molar-refractivity contribution < 1.29 is 4.79 Å². The molecule has 2 aromatic rings. The lowest BCUT2D eigenvalue weighted by Crippen LogP contribution is -2.26. The van der Waals surface area contributed by atoms with Crippen LogP contribution in [0.15, 0.2) is 29.6 Å². The van der Waals surface area contributed by atoms with Gasteiger partial charge in [0.2, 0.25) is 0 Å². The number of hydrogen-bond donors (Lipinski definition) is 2. The molecule has 0 bridgehead atoms. The summed E-state index contributed by atoms with van der Waals surface area (Å²) in [6.45, 7) is 6.13. The number of nitrogens with zero attached hydrogens (tertiary/aromatic N) is 2. The van der Waals surface area contributed by atoms with E-state index in [-0.39, 0.29) is 11.4 Å². The molecule has 0 aliphatic rings. The maximum atomic E-state index is 11.8. The summed E-state index contributed by atoms with van der Waals surface area (Å²) in [5, 5.41) is 15.8. The Hall–Kier alpha value is -1.95. The van der Waals surface area contributed by atoms with Crippen LogP contribution in [-0.2, 0) is 0 Å². The second kappa shape index (κ2) is 5.36. The first-order chi connectivity index (χ1) is 8.94. The number of carbonyl (C=O) groups excluding carboxylic acids is 1. The van der Waals surface area contributed by atoms with Crippen LogP contribution in [-0.4, -0.2) is 21.6 Å². The van der Waals surface area contributed by atoms with E-state index in [2.05, 4.69) is 20.8 Å². The van der Waals surface area contributed by atoms with Gasteiger partial charge in [0.15, 0.2) is 5.82 Å². The van der Waals surface area contributed by atoms with Crippen LogP contribution in [0.3, 0.4) is 0 Å². The molecule has 2 rings (SSSR count). The van der Waals surface area contributed by atoms with Gasteiger partial charge in [0, 0.05) is 5.54 Å². The first-order valence-electron chi connectivity index (χ1n) is 5.91. The topological polar surface area (TPSA) is 66.9 Å². The Morgan fingerprint density at radius 2 is 1.84 bits per heavy atom. The largest absolute Gasteiger partial charge is 0.364 e. The van der Waals surface area contributed by atoms with Gasteiger partial charge >= 0.3 is 0 Å². The Bertz CT molecular complexity index is 543. The van der Waals surface area contributed by atoms with Gasteiger partial charge in [0.25, 0.3) is 5.91 Å². The first-order valence-corrected chi connectivity index (χ1v) is 6.79. The lowest BCUT2D eigenvalue weighted by atomic mass is 10.1. The highest BCUT2D eigenvalue weighted by Crippen LogP contribution is 2.14. The number of thiophene rings is 1. The van der Waals surface area contributed by atoms with Crippen molar-refractivity contribution in [3.63, 3.8) is 0 Å². The second-order valence-corrected chi connectivity index (χ2v) is 6.06. The van der Waals surface area contributed by atoms with Gasteiger partial charge in [-0.2, -0.15) is 0 Å². The third-order valence-corrected chi connectivity index (χ3v) is 3.02. The quantitative estimate of drug-likeness (QED) is 0.904. The highest BCUT2D eigenvalue weighted by molar-refractivity contribution is 7.12. The molecule has 0 fully saturated rings. The lowest BCUT2D eigenvalue weighted by Gasteiger charge is -2.20. The Labute approximate surface area is 116 Å². The van der Waals surface area contributed by atoms with Crippen molar-refractivity contribution in [1.82, 2.24) is 10.2 Å². The molecule has 0 spiro atoms. The molecule has 6 heteroatoms. The van der Waals surface area contributed by atoms with Crippen LogP contribution in [0.25, 0.3) is 0 Å². The highest BCUT2D eigenvalue weighted by atomic mass is 32.1. The number of amides is 1. The average molecular weight is 276 g/mol. The van der Waals surface area contributed by atoms with Gasteiger partial charge in [0.05, 0.1) is 4.88 Å². The molecular formula is C13H16N4OS. The number of aromatic nitrogens is 2. The Balaban J connectivity index is 2.01. The summed E-state index contributed by atoms with van der Waals surface area (Å²) < 4.78 is 0. The van der Waals surface area contributed by atoms with Crippen LogP contribution in [0.4, 0.5) is 11.6 Å². The van der Waals surface area contributed by atoms with E-state index in [0.29, 0.717) is 16.5 Å². The van der Waals surface area contributed by atoms with Crippen LogP contribution < -0.4 is 10.6 Å². The second-order valence-electron chi connectivity index (χ2n) is 5.11. The zero-order valence-corrected chi connectivity index (χ0v) is 11.9. The van der Waals surface area contributed by atoms with Crippen molar-refractivity contribution in [3.05, 3.63) is 34.5 Å². The van der Waals surface area contributed by atoms with Crippen LogP contribution in [0.5, 0.6) is 0 Å². The first kappa shape index (κ1) is 13.5. The molecular weight excluding hydrogens is 260 g/mol. The fraction of sp³-hybridized carbons (Fsp3) is 0.308. The van der Waals surface area contributed by atoms with Crippen LogP contribution in [0.1, 0.15) is 30.4 Å². The molecule has 0 saturated carbocycles. The Morgan fingerprint density at radius 3 is 2.37 bits per heavy atom. The molecule has 0 atom stereocenters. The highest BCUT2D eigenvalue weighted by Gasteiger charge is 2.11. The third-order valence-electron chi connectivity index (χ3n) is 2.15. The summed E-state index contributed by atoms with van der Waals surface area (Å²) in [4.78, 5) is 12.5. The van der Waals surface area contributed by atoms with Gasteiger partial charge in [-0.3, -0.25) is 4.79 Å². The Morgan fingerprint density at radius 1 is 1.16 bits per heavy atom. The molecule has 5 nitrogen and oxygen atoms in total. The van der Waals surface area contributed by atoms with E-state index in [9.17, 15) is 4.79 Å². The molecule has 100 valence electrons. The van der Waals surface area contributed by atoms with Gasteiger partial charge in [-0.1, -0.05) is 6.07 Å². The van der Waals surface area contributed by atoms with Crippen molar-refractivity contribution in [2.24, 2.45) is 0 Å². The molecule has 2 heterocycles. The summed E-state index contributed by atoms with van der Waals surface area (Å²) in [6.07, 6.45) is 0. The fourth-order valence-electron chi connectivity index (χ4n) is 1.44. The predicted octanol–water partition coefficient (Wildman–Crippen LogP) is 3.00. The average Bonchev–Trinajstić information content (AvgIpc) is 2.83. The maximum absolute atomic E-state index is 11.8. The van der Waals surface area contributed by atoms with Crippen LogP contribution in [0, 0.1) is 0 Å². The number of hydrogen-bond acceptors (Lipinski definition) is 5. The maximum Gasteiger partial charge on any atom is 0.266 e.